The topological polar surface area (TPSA) is 41.6 Å². The molecule has 0 aliphatic carbocycles. The maximum atomic E-state index is 13.2. The average Bonchev–Trinajstić information content (AvgIpc) is 2.39. The van der Waals surface area contributed by atoms with Gasteiger partial charge in [-0.1, -0.05) is 6.07 Å². The number of ether oxygens (including phenoxy) is 1. The lowest BCUT2D eigenvalue weighted by Crippen LogP contribution is -2.48. The number of amides is 1. The van der Waals surface area contributed by atoms with Crippen LogP contribution < -0.4 is 10.2 Å². The van der Waals surface area contributed by atoms with Crippen molar-refractivity contribution < 1.29 is 13.9 Å². The molecule has 1 fully saturated rings. The summed E-state index contributed by atoms with van der Waals surface area (Å²) in [5.74, 6) is -0.238. The third-order valence-electron chi connectivity index (χ3n) is 3.19. The number of hydrogen-bond acceptors (Lipinski definition) is 3. The van der Waals surface area contributed by atoms with Gasteiger partial charge >= 0.3 is 6.09 Å². The van der Waals surface area contributed by atoms with Crippen LogP contribution in [0.4, 0.5) is 14.9 Å². The maximum absolute atomic E-state index is 13.2. The van der Waals surface area contributed by atoms with Gasteiger partial charge in [0.25, 0.3) is 0 Å². The molecular formula is C14H19FN2O2. The van der Waals surface area contributed by atoms with Crippen LogP contribution in [0.1, 0.15) is 19.8 Å². The van der Waals surface area contributed by atoms with E-state index in [1.54, 1.807) is 13.0 Å². The number of nitrogens with zero attached hydrogens (tertiary/aromatic N) is 1. The van der Waals surface area contributed by atoms with Crippen LogP contribution in [0.2, 0.25) is 0 Å². The summed E-state index contributed by atoms with van der Waals surface area (Å²) in [6.07, 6.45) is 1.51. The first kappa shape index (κ1) is 13.6. The van der Waals surface area contributed by atoms with E-state index in [0.717, 1.165) is 25.1 Å². The van der Waals surface area contributed by atoms with E-state index in [-0.39, 0.29) is 18.0 Å². The second-order valence-electron chi connectivity index (χ2n) is 4.63. The van der Waals surface area contributed by atoms with Crippen LogP contribution in [0, 0.1) is 5.82 Å². The summed E-state index contributed by atoms with van der Waals surface area (Å²) >= 11 is 0. The molecule has 0 spiro atoms. The number of halogens is 1. The Kier molecular flexibility index (Phi) is 4.60. The Hall–Kier alpha value is -1.78. The summed E-state index contributed by atoms with van der Waals surface area (Å²) in [5.41, 5.74) is 0.857. The quantitative estimate of drug-likeness (QED) is 0.914. The summed E-state index contributed by atoms with van der Waals surface area (Å²) < 4.78 is 18.1. The van der Waals surface area contributed by atoms with Gasteiger partial charge in [-0.3, -0.25) is 0 Å². The Balaban J connectivity index is 1.95. The minimum absolute atomic E-state index is 0.0519. The Labute approximate surface area is 112 Å². The van der Waals surface area contributed by atoms with Crippen LogP contribution in [-0.4, -0.2) is 31.8 Å². The van der Waals surface area contributed by atoms with E-state index in [4.69, 9.17) is 4.74 Å². The summed E-state index contributed by atoms with van der Waals surface area (Å²) in [7, 11) is 0. The van der Waals surface area contributed by atoms with Crippen molar-refractivity contribution in [2.75, 3.05) is 24.6 Å². The van der Waals surface area contributed by atoms with Gasteiger partial charge in [-0.2, -0.15) is 0 Å². The molecule has 1 aliphatic heterocycles. The summed E-state index contributed by atoms with van der Waals surface area (Å²) in [5, 5.41) is 2.84. The molecule has 104 valence electrons. The van der Waals surface area contributed by atoms with Gasteiger partial charge in [0, 0.05) is 24.8 Å². The van der Waals surface area contributed by atoms with E-state index < -0.39 is 0 Å². The van der Waals surface area contributed by atoms with Gasteiger partial charge in [0.05, 0.1) is 6.61 Å². The van der Waals surface area contributed by atoms with E-state index in [0.29, 0.717) is 13.2 Å². The molecule has 1 aromatic rings. The van der Waals surface area contributed by atoms with E-state index in [1.807, 2.05) is 6.07 Å². The number of benzene rings is 1. The first-order chi connectivity index (χ1) is 9.19. The lowest BCUT2D eigenvalue weighted by atomic mass is 10.1. The zero-order valence-corrected chi connectivity index (χ0v) is 11.1. The number of anilines is 1. The van der Waals surface area contributed by atoms with Crippen molar-refractivity contribution in [2.45, 2.75) is 25.8 Å². The van der Waals surface area contributed by atoms with Gasteiger partial charge in [0.2, 0.25) is 0 Å². The molecule has 1 unspecified atom stereocenters. The molecule has 0 radical (unpaired) electrons. The molecule has 1 aromatic carbocycles. The molecule has 1 heterocycles. The molecule has 0 aromatic heterocycles. The van der Waals surface area contributed by atoms with Crippen molar-refractivity contribution in [3.63, 3.8) is 0 Å². The van der Waals surface area contributed by atoms with E-state index >= 15 is 0 Å². The number of piperidine rings is 1. The molecule has 1 amide bonds. The molecule has 2 rings (SSSR count). The van der Waals surface area contributed by atoms with Crippen LogP contribution in [0.3, 0.4) is 0 Å². The molecule has 0 bridgehead atoms. The predicted octanol–water partition coefficient (Wildman–Crippen LogP) is 2.54. The monoisotopic (exact) mass is 266 g/mol. The molecular weight excluding hydrogens is 247 g/mol. The van der Waals surface area contributed by atoms with Gasteiger partial charge in [-0.15, -0.1) is 0 Å². The minimum atomic E-state index is -0.381. The Morgan fingerprint density at radius 1 is 1.58 bits per heavy atom. The zero-order chi connectivity index (χ0) is 13.7. The fourth-order valence-corrected chi connectivity index (χ4v) is 2.34. The van der Waals surface area contributed by atoms with Crippen LogP contribution in [0.15, 0.2) is 24.3 Å². The zero-order valence-electron chi connectivity index (χ0n) is 11.1. The van der Waals surface area contributed by atoms with Gasteiger partial charge in [0.15, 0.2) is 0 Å². The number of nitrogens with one attached hydrogen (secondary N) is 1. The Morgan fingerprint density at radius 3 is 3.16 bits per heavy atom. The van der Waals surface area contributed by atoms with Crippen molar-refractivity contribution in [2.24, 2.45) is 0 Å². The van der Waals surface area contributed by atoms with Gasteiger partial charge < -0.3 is 15.0 Å². The lowest BCUT2D eigenvalue weighted by molar-refractivity contribution is 0.146. The van der Waals surface area contributed by atoms with Crippen LogP contribution in [0.25, 0.3) is 0 Å². The molecule has 1 aliphatic rings. The smallest absolute Gasteiger partial charge is 0.407 e. The number of rotatable bonds is 3. The van der Waals surface area contributed by atoms with Gasteiger partial charge in [-0.25, -0.2) is 9.18 Å². The Morgan fingerprint density at radius 2 is 2.42 bits per heavy atom. The highest BCUT2D eigenvalue weighted by atomic mass is 19.1. The molecule has 19 heavy (non-hydrogen) atoms. The van der Waals surface area contributed by atoms with Gasteiger partial charge in [0.1, 0.15) is 5.82 Å². The van der Waals surface area contributed by atoms with Crippen LogP contribution >= 0.6 is 0 Å². The average molecular weight is 266 g/mol. The van der Waals surface area contributed by atoms with Crippen LogP contribution in [-0.2, 0) is 4.74 Å². The van der Waals surface area contributed by atoms with Crippen molar-refractivity contribution >= 4 is 11.8 Å². The highest BCUT2D eigenvalue weighted by molar-refractivity contribution is 5.67. The fourth-order valence-electron chi connectivity index (χ4n) is 2.34. The largest absolute Gasteiger partial charge is 0.450 e. The highest BCUT2D eigenvalue weighted by Crippen LogP contribution is 2.20. The second-order valence-corrected chi connectivity index (χ2v) is 4.63. The van der Waals surface area contributed by atoms with E-state index in [9.17, 15) is 9.18 Å². The van der Waals surface area contributed by atoms with Gasteiger partial charge in [-0.05, 0) is 38.0 Å². The predicted molar refractivity (Wildman–Crippen MR) is 71.8 cm³/mol. The van der Waals surface area contributed by atoms with Crippen molar-refractivity contribution in [3.05, 3.63) is 30.1 Å². The lowest BCUT2D eigenvalue weighted by Gasteiger charge is -2.34. The number of hydrogen-bond donors (Lipinski definition) is 1. The van der Waals surface area contributed by atoms with Crippen LogP contribution in [0.5, 0.6) is 0 Å². The molecule has 1 N–H and O–H groups in total. The van der Waals surface area contributed by atoms with E-state index in [1.165, 1.54) is 12.1 Å². The first-order valence-electron chi connectivity index (χ1n) is 6.63. The third-order valence-corrected chi connectivity index (χ3v) is 3.19. The summed E-state index contributed by atoms with van der Waals surface area (Å²) in [6.45, 7) is 3.71. The van der Waals surface area contributed by atoms with Crippen molar-refractivity contribution in [1.29, 1.82) is 0 Å². The molecule has 0 saturated carbocycles. The molecule has 4 nitrogen and oxygen atoms in total. The van der Waals surface area contributed by atoms with E-state index in [2.05, 4.69) is 10.2 Å². The third kappa shape index (κ3) is 3.84. The summed E-state index contributed by atoms with van der Waals surface area (Å²) in [6, 6.07) is 6.59. The highest BCUT2D eigenvalue weighted by Gasteiger charge is 2.22. The number of carbonyl (C=O) groups is 1. The molecule has 5 heteroatoms. The standard InChI is InChI=1S/C14H19FN2O2/c1-2-19-14(18)16-12-6-4-8-17(10-12)13-7-3-5-11(15)9-13/h3,5,7,9,12H,2,4,6,8,10H2,1H3,(H,16,18). The van der Waals surface area contributed by atoms with Crippen molar-refractivity contribution in [3.8, 4) is 0 Å². The Bertz CT molecular complexity index is 439. The molecule has 1 saturated heterocycles. The molecule has 1 atom stereocenters. The maximum Gasteiger partial charge on any atom is 0.407 e. The SMILES string of the molecule is CCOC(=O)NC1CCCN(c2cccc(F)c2)C1. The van der Waals surface area contributed by atoms with Crippen molar-refractivity contribution in [1.82, 2.24) is 5.32 Å². The normalized spacial score (nSPS) is 19.1. The number of alkyl carbamates (subject to hydrolysis) is 1. The second kappa shape index (κ2) is 6.41. The summed E-state index contributed by atoms with van der Waals surface area (Å²) in [4.78, 5) is 13.5. The first-order valence-corrected chi connectivity index (χ1v) is 6.63. The fraction of sp³-hybridized carbons (Fsp3) is 0.500. The number of carbonyl (C=O) groups excluding carboxylic acids is 1. The minimum Gasteiger partial charge on any atom is -0.450 e.